The zero-order valence-electron chi connectivity index (χ0n) is 11.6. The van der Waals surface area contributed by atoms with E-state index in [-0.39, 0.29) is 10.5 Å². The summed E-state index contributed by atoms with van der Waals surface area (Å²) in [6.07, 6.45) is -0.111. The lowest BCUT2D eigenvalue weighted by molar-refractivity contribution is -0.138. The molecule has 1 N–H and O–H groups in total. The maximum absolute atomic E-state index is 12.9. The number of halogens is 4. The summed E-state index contributed by atoms with van der Waals surface area (Å²) < 4.78 is 38.6. The summed E-state index contributed by atoms with van der Waals surface area (Å²) in [6, 6.07) is 4.60. The van der Waals surface area contributed by atoms with Crippen LogP contribution in [0.1, 0.15) is 45.1 Å². The predicted octanol–water partition coefficient (Wildman–Crippen LogP) is 5.85. The first-order valence-corrected chi connectivity index (χ1v) is 7.60. The molecule has 1 aromatic carbocycles. The highest BCUT2D eigenvalue weighted by Gasteiger charge is 2.33. The summed E-state index contributed by atoms with van der Waals surface area (Å²) in [6.45, 7) is 4.48. The maximum Gasteiger partial charge on any atom is 0.417 e. The second-order valence-corrected chi connectivity index (χ2v) is 7.13. The lowest BCUT2D eigenvalue weighted by Gasteiger charge is -2.35. The quantitative estimate of drug-likeness (QED) is 0.706. The third-order valence-corrected chi connectivity index (χ3v) is 4.67. The van der Waals surface area contributed by atoms with Crippen molar-refractivity contribution < 1.29 is 13.2 Å². The standard InChI is InChI=1S/C15H19BrF3N/c1-14(2)7-5-10(6-8-14)20-11-3-4-13(16)12(9-11)15(17,18)19/h3-4,9-10,20H,5-8H2,1-2H3. The molecular weight excluding hydrogens is 331 g/mol. The van der Waals surface area contributed by atoms with Crippen molar-refractivity contribution in [2.24, 2.45) is 5.41 Å². The minimum absolute atomic E-state index is 0.0836. The average Bonchev–Trinajstić information content (AvgIpc) is 2.33. The summed E-state index contributed by atoms with van der Waals surface area (Å²) in [5, 5.41) is 3.24. The number of anilines is 1. The summed E-state index contributed by atoms with van der Waals surface area (Å²) in [4.78, 5) is 0. The molecular formula is C15H19BrF3N. The van der Waals surface area contributed by atoms with Crippen LogP contribution in [-0.2, 0) is 6.18 Å². The van der Waals surface area contributed by atoms with Crippen LogP contribution in [0, 0.1) is 5.41 Å². The van der Waals surface area contributed by atoms with Crippen LogP contribution in [0.2, 0.25) is 0 Å². The highest BCUT2D eigenvalue weighted by Crippen LogP contribution is 2.38. The molecule has 0 radical (unpaired) electrons. The van der Waals surface area contributed by atoms with E-state index >= 15 is 0 Å². The predicted molar refractivity (Wildman–Crippen MR) is 78.8 cm³/mol. The number of nitrogens with one attached hydrogen (secondary N) is 1. The van der Waals surface area contributed by atoms with E-state index in [1.807, 2.05) is 0 Å². The number of alkyl halides is 3. The minimum Gasteiger partial charge on any atom is -0.382 e. The molecule has 0 heterocycles. The van der Waals surface area contributed by atoms with Crippen molar-refractivity contribution in [1.82, 2.24) is 0 Å². The molecule has 0 spiro atoms. The molecule has 1 fully saturated rings. The SMILES string of the molecule is CC1(C)CCC(Nc2ccc(Br)c(C(F)(F)F)c2)CC1. The van der Waals surface area contributed by atoms with Gasteiger partial charge in [0.1, 0.15) is 0 Å². The van der Waals surface area contributed by atoms with E-state index < -0.39 is 11.7 Å². The van der Waals surface area contributed by atoms with Gasteiger partial charge in [0.05, 0.1) is 5.56 Å². The Morgan fingerprint density at radius 1 is 1.20 bits per heavy atom. The molecule has 1 nitrogen and oxygen atoms in total. The average molecular weight is 350 g/mol. The molecule has 0 aliphatic heterocycles. The second kappa shape index (κ2) is 5.58. The van der Waals surface area contributed by atoms with Crippen LogP contribution < -0.4 is 5.32 Å². The Balaban J connectivity index is 2.08. The molecule has 5 heteroatoms. The molecule has 112 valence electrons. The van der Waals surface area contributed by atoms with Gasteiger partial charge in [-0.1, -0.05) is 29.8 Å². The van der Waals surface area contributed by atoms with E-state index in [0.717, 1.165) is 25.7 Å². The highest BCUT2D eigenvalue weighted by atomic mass is 79.9. The molecule has 0 unspecified atom stereocenters. The van der Waals surface area contributed by atoms with Gasteiger partial charge in [0, 0.05) is 16.2 Å². The van der Waals surface area contributed by atoms with Crippen molar-refractivity contribution in [3.8, 4) is 0 Å². The Bertz CT molecular complexity index is 472. The van der Waals surface area contributed by atoms with Gasteiger partial charge in [-0.05, 0) is 49.3 Å². The monoisotopic (exact) mass is 349 g/mol. The molecule has 1 aromatic rings. The maximum atomic E-state index is 12.9. The van der Waals surface area contributed by atoms with E-state index in [2.05, 4.69) is 35.1 Å². The smallest absolute Gasteiger partial charge is 0.382 e. The van der Waals surface area contributed by atoms with Crippen LogP contribution in [0.4, 0.5) is 18.9 Å². The van der Waals surface area contributed by atoms with Crippen molar-refractivity contribution >= 4 is 21.6 Å². The van der Waals surface area contributed by atoms with Crippen LogP contribution in [0.15, 0.2) is 22.7 Å². The Kier molecular flexibility index (Phi) is 4.38. The van der Waals surface area contributed by atoms with Crippen molar-refractivity contribution in [1.29, 1.82) is 0 Å². The fraction of sp³-hybridized carbons (Fsp3) is 0.600. The van der Waals surface area contributed by atoms with Gasteiger partial charge < -0.3 is 5.32 Å². The highest BCUT2D eigenvalue weighted by molar-refractivity contribution is 9.10. The molecule has 0 aromatic heterocycles. The molecule has 1 aliphatic carbocycles. The number of hydrogen-bond donors (Lipinski definition) is 1. The Labute approximate surface area is 126 Å². The Morgan fingerprint density at radius 3 is 2.35 bits per heavy atom. The zero-order valence-corrected chi connectivity index (χ0v) is 13.2. The first-order chi connectivity index (χ1) is 9.17. The molecule has 0 amide bonds. The van der Waals surface area contributed by atoms with Crippen LogP contribution in [0.5, 0.6) is 0 Å². The third kappa shape index (κ3) is 3.90. The minimum atomic E-state index is -4.33. The molecule has 0 saturated heterocycles. The van der Waals surface area contributed by atoms with Crippen molar-refractivity contribution in [2.75, 3.05) is 5.32 Å². The summed E-state index contributed by atoms with van der Waals surface area (Å²) >= 11 is 2.96. The molecule has 1 saturated carbocycles. The Morgan fingerprint density at radius 2 is 1.80 bits per heavy atom. The van der Waals surface area contributed by atoms with Crippen LogP contribution in [0.3, 0.4) is 0 Å². The van der Waals surface area contributed by atoms with Crippen LogP contribution >= 0.6 is 15.9 Å². The summed E-state index contributed by atoms with van der Waals surface area (Å²) in [5.41, 5.74) is 0.276. The number of rotatable bonds is 2. The summed E-state index contributed by atoms with van der Waals surface area (Å²) in [5.74, 6) is 0. The molecule has 0 atom stereocenters. The van der Waals surface area contributed by atoms with E-state index in [1.165, 1.54) is 12.1 Å². The fourth-order valence-electron chi connectivity index (χ4n) is 2.61. The Hall–Kier alpha value is -0.710. The van der Waals surface area contributed by atoms with Gasteiger partial charge in [-0.2, -0.15) is 13.2 Å². The van der Waals surface area contributed by atoms with E-state index in [4.69, 9.17) is 0 Å². The van der Waals surface area contributed by atoms with Crippen molar-refractivity contribution in [3.63, 3.8) is 0 Å². The first kappa shape index (κ1) is 15.7. The van der Waals surface area contributed by atoms with Crippen LogP contribution in [0.25, 0.3) is 0 Å². The molecule has 1 aliphatic rings. The zero-order chi connectivity index (χ0) is 15.0. The van der Waals surface area contributed by atoms with Crippen molar-refractivity contribution in [3.05, 3.63) is 28.2 Å². The van der Waals surface area contributed by atoms with Crippen LogP contribution in [-0.4, -0.2) is 6.04 Å². The van der Waals surface area contributed by atoms with Gasteiger partial charge in [0.15, 0.2) is 0 Å². The van der Waals surface area contributed by atoms with Gasteiger partial charge >= 0.3 is 6.18 Å². The normalized spacial score (nSPS) is 19.9. The topological polar surface area (TPSA) is 12.0 Å². The molecule has 0 bridgehead atoms. The third-order valence-electron chi connectivity index (χ3n) is 3.98. The first-order valence-electron chi connectivity index (χ1n) is 6.81. The molecule has 2 rings (SSSR count). The van der Waals surface area contributed by atoms with Gasteiger partial charge in [0.25, 0.3) is 0 Å². The van der Waals surface area contributed by atoms with Gasteiger partial charge in [-0.3, -0.25) is 0 Å². The van der Waals surface area contributed by atoms with E-state index in [0.29, 0.717) is 11.1 Å². The lowest BCUT2D eigenvalue weighted by atomic mass is 9.75. The summed E-state index contributed by atoms with van der Waals surface area (Å²) in [7, 11) is 0. The number of hydrogen-bond acceptors (Lipinski definition) is 1. The largest absolute Gasteiger partial charge is 0.417 e. The second-order valence-electron chi connectivity index (χ2n) is 6.28. The van der Waals surface area contributed by atoms with E-state index in [1.54, 1.807) is 6.07 Å². The molecule has 20 heavy (non-hydrogen) atoms. The van der Waals surface area contributed by atoms with Gasteiger partial charge in [-0.15, -0.1) is 0 Å². The van der Waals surface area contributed by atoms with Gasteiger partial charge in [0.2, 0.25) is 0 Å². The van der Waals surface area contributed by atoms with Crippen molar-refractivity contribution in [2.45, 2.75) is 51.7 Å². The fourth-order valence-corrected chi connectivity index (χ4v) is 3.08. The van der Waals surface area contributed by atoms with Gasteiger partial charge in [-0.25, -0.2) is 0 Å². The van der Waals surface area contributed by atoms with E-state index in [9.17, 15) is 13.2 Å². The lowest BCUT2D eigenvalue weighted by Crippen LogP contribution is -2.29. The number of benzene rings is 1.